The Kier molecular flexibility index (Phi) is 5.04. The topological polar surface area (TPSA) is 111 Å². The van der Waals surface area contributed by atoms with Crippen LogP contribution < -0.4 is 20.5 Å². The van der Waals surface area contributed by atoms with Gasteiger partial charge in [-0.2, -0.15) is 0 Å². The van der Waals surface area contributed by atoms with Crippen LogP contribution in [0, 0.1) is 0 Å². The van der Waals surface area contributed by atoms with Crippen LogP contribution in [-0.4, -0.2) is 39.1 Å². The van der Waals surface area contributed by atoms with Crippen LogP contribution in [0.2, 0.25) is 0 Å². The fourth-order valence-corrected chi connectivity index (χ4v) is 4.21. The van der Waals surface area contributed by atoms with E-state index in [1.54, 1.807) is 0 Å². The molecule has 3 unspecified atom stereocenters. The van der Waals surface area contributed by atoms with Crippen LogP contribution in [0.25, 0.3) is 0 Å². The van der Waals surface area contributed by atoms with Crippen LogP contribution in [0.15, 0.2) is 17.0 Å². The molecular formula is C17H25N3O4S. The number of nitrogens with one attached hydrogen (secondary N) is 2. The number of ether oxygens (including phenoxy) is 1. The molecule has 1 aromatic rings. The smallest absolute Gasteiger partial charge is 0.255 e. The van der Waals surface area contributed by atoms with Crippen molar-refractivity contribution in [1.82, 2.24) is 10.6 Å². The Morgan fingerprint density at radius 1 is 1.48 bits per heavy atom. The summed E-state index contributed by atoms with van der Waals surface area (Å²) in [7, 11) is -3.90. The minimum absolute atomic E-state index is 0.0115. The van der Waals surface area contributed by atoms with Gasteiger partial charge in [-0.3, -0.25) is 4.79 Å². The van der Waals surface area contributed by atoms with Gasteiger partial charge >= 0.3 is 0 Å². The number of hydrogen-bond acceptors (Lipinski definition) is 5. The van der Waals surface area contributed by atoms with Crippen LogP contribution in [-0.2, 0) is 16.4 Å². The largest absolute Gasteiger partial charge is 0.489 e. The van der Waals surface area contributed by atoms with Gasteiger partial charge in [-0.05, 0) is 50.4 Å². The third-order valence-electron chi connectivity index (χ3n) is 4.88. The number of primary sulfonamides is 1. The van der Waals surface area contributed by atoms with Crippen molar-refractivity contribution >= 4 is 15.9 Å². The van der Waals surface area contributed by atoms with Crippen molar-refractivity contribution in [2.75, 3.05) is 6.54 Å². The van der Waals surface area contributed by atoms with Crippen LogP contribution in [0.3, 0.4) is 0 Å². The molecule has 8 heteroatoms. The van der Waals surface area contributed by atoms with E-state index in [2.05, 4.69) is 10.6 Å². The number of benzene rings is 1. The maximum atomic E-state index is 12.9. The first-order valence-corrected chi connectivity index (χ1v) is 10.2. The molecule has 1 amide bonds. The molecule has 25 heavy (non-hydrogen) atoms. The van der Waals surface area contributed by atoms with E-state index in [0.29, 0.717) is 17.7 Å². The molecule has 4 N–H and O–H groups in total. The zero-order valence-corrected chi connectivity index (χ0v) is 15.4. The molecule has 0 radical (unpaired) electrons. The number of fused-ring (bicyclic) bond motifs is 1. The summed E-state index contributed by atoms with van der Waals surface area (Å²) in [5.41, 5.74) is 0.943. The summed E-state index contributed by atoms with van der Waals surface area (Å²) >= 11 is 0. The molecule has 1 saturated heterocycles. The first-order chi connectivity index (χ1) is 11.8. The molecule has 138 valence electrons. The average Bonchev–Trinajstić information content (AvgIpc) is 3.18. The lowest BCUT2D eigenvalue weighted by molar-refractivity contribution is 0.0922. The Morgan fingerprint density at radius 2 is 2.24 bits per heavy atom. The second-order valence-electron chi connectivity index (χ2n) is 6.83. The second-order valence-corrected chi connectivity index (χ2v) is 8.39. The monoisotopic (exact) mass is 367 g/mol. The number of carbonyl (C=O) groups is 1. The van der Waals surface area contributed by atoms with Crippen LogP contribution in [0.1, 0.15) is 49.0 Å². The number of hydrogen-bond donors (Lipinski definition) is 3. The van der Waals surface area contributed by atoms with Crippen molar-refractivity contribution < 1.29 is 17.9 Å². The van der Waals surface area contributed by atoms with E-state index in [1.165, 1.54) is 12.1 Å². The number of amides is 1. The number of nitrogens with two attached hydrogens (primary N) is 1. The Labute approximate surface area is 148 Å². The zero-order chi connectivity index (χ0) is 18.2. The van der Waals surface area contributed by atoms with Crippen LogP contribution >= 0.6 is 0 Å². The summed E-state index contributed by atoms with van der Waals surface area (Å²) < 4.78 is 29.3. The third-order valence-corrected chi connectivity index (χ3v) is 5.77. The van der Waals surface area contributed by atoms with Crippen molar-refractivity contribution in [2.24, 2.45) is 5.14 Å². The van der Waals surface area contributed by atoms with Gasteiger partial charge in [-0.1, -0.05) is 6.92 Å². The molecule has 0 bridgehead atoms. The highest BCUT2D eigenvalue weighted by Gasteiger charge is 2.30. The summed E-state index contributed by atoms with van der Waals surface area (Å²) in [6.07, 6.45) is 3.35. The predicted molar refractivity (Wildman–Crippen MR) is 94.2 cm³/mol. The Hall–Kier alpha value is -1.64. The normalized spacial score (nSPS) is 23.8. The van der Waals surface area contributed by atoms with Gasteiger partial charge in [-0.15, -0.1) is 0 Å². The molecule has 2 aliphatic rings. The molecule has 2 aliphatic heterocycles. The van der Waals surface area contributed by atoms with Crippen LogP contribution in [0.4, 0.5) is 0 Å². The quantitative estimate of drug-likeness (QED) is 0.717. The summed E-state index contributed by atoms with van der Waals surface area (Å²) in [5.74, 6) is 0.142. The van der Waals surface area contributed by atoms with Gasteiger partial charge in [0.25, 0.3) is 5.91 Å². The van der Waals surface area contributed by atoms with E-state index < -0.39 is 10.0 Å². The SMILES string of the molecule is CCC(NC(=O)c1cc(S(N)(=O)=O)cc2c1OC(C)C2)C1CCCN1. The van der Waals surface area contributed by atoms with Gasteiger partial charge in [-0.25, -0.2) is 13.6 Å². The van der Waals surface area contributed by atoms with Crippen molar-refractivity contribution in [3.05, 3.63) is 23.3 Å². The van der Waals surface area contributed by atoms with Crippen molar-refractivity contribution in [2.45, 2.75) is 62.6 Å². The molecule has 1 fully saturated rings. The van der Waals surface area contributed by atoms with E-state index in [9.17, 15) is 13.2 Å². The molecular weight excluding hydrogens is 342 g/mol. The predicted octanol–water partition coefficient (Wildman–Crippen LogP) is 0.918. The molecule has 2 heterocycles. The third kappa shape index (κ3) is 3.80. The molecule has 0 aliphatic carbocycles. The van der Waals surface area contributed by atoms with Gasteiger partial charge in [0, 0.05) is 18.5 Å². The van der Waals surface area contributed by atoms with Gasteiger partial charge in [0.15, 0.2) is 0 Å². The number of sulfonamides is 1. The number of rotatable bonds is 5. The number of carbonyl (C=O) groups excluding carboxylic acids is 1. The van der Waals surface area contributed by atoms with Crippen LogP contribution in [0.5, 0.6) is 5.75 Å². The van der Waals surface area contributed by atoms with E-state index in [-0.39, 0.29) is 34.6 Å². The average molecular weight is 367 g/mol. The highest BCUT2D eigenvalue weighted by Crippen LogP contribution is 2.35. The lowest BCUT2D eigenvalue weighted by Crippen LogP contribution is -2.47. The van der Waals surface area contributed by atoms with E-state index in [4.69, 9.17) is 9.88 Å². The molecule has 3 atom stereocenters. The Morgan fingerprint density at radius 3 is 2.84 bits per heavy atom. The van der Waals surface area contributed by atoms with Gasteiger partial charge in [0.2, 0.25) is 10.0 Å². The lowest BCUT2D eigenvalue weighted by Gasteiger charge is -2.24. The fraction of sp³-hybridized carbons (Fsp3) is 0.588. The first kappa shape index (κ1) is 18.2. The van der Waals surface area contributed by atoms with E-state index in [1.807, 2.05) is 13.8 Å². The van der Waals surface area contributed by atoms with Crippen molar-refractivity contribution in [3.8, 4) is 5.75 Å². The summed E-state index contributed by atoms with van der Waals surface area (Å²) in [5, 5.41) is 11.7. The Bertz CT molecular complexity index is 772. The van der Waals surface area contributed by atoms with Crippen molar-refractivity contribution in [3.63, 3.8) is 0 Å². The fourth-order valence-electron chi connectivity index (χ4n) is 3.62. The van der Waals surface area contributed by atoms with E-state index in [0.717, 1.165) is 25.8 Å². The Balaban J connectivity index is 1.92. The van der Waals surface area contributed by atoms with Gasteiger partial charge in [0.05, 0.1) is 10.5 Å². The maximum absolute atomic E-state index is 12.9. The summed E-state index contributed by atoms with van der Waals surface area (Å²) in [6, 6.07) is 3.04. The summed E-state index contributed by atoms with van der Waals surface area (Å²) in [4.78, 5) is 12.8. The highest BCUT2D eigenvalue weighted by atomic mass is 32.2. The molecule has 0 spiro atoms. The minimum Gasteiger partial charge on any atom is -0.489 e. The highest BCUT2D eigenvalue weighted by molar-refractivity contribution is 7.89. The van der Waals surface area contributed by atoms with E-state index >= 15 is 0 Å². The molecule has 3 rings (SSSR count). The molecule has 0 saturated carbocycles. The minimum atomic E-state index is -3.90. The van der Waals surface area contributed by atoms with Crippen molar-refractivity contribution in [1.29, 1.82) is 0 Å². The van der Waals surface area contributed by atoms with Gasteiger partial charge in [0.1, 0.15) is 11.9 Å². The molecule has 1 aromatic carbocycles. The zero-order valence-electron chi connectivity index (χ0n) is 14.5. The lowest BCUT2D eigenvalue weighted by atomic mass is 10.0. The standard InChI is InChI=1S/C17H25N3O4S/c1-3-14(15-5-4-6-19-15)20-17(21)13-9-12(25(18,22)23)8-11-7-10(2)24-16(11)13/h8-10,14-15,19H,3-7H2,1-2H3,(H,20,21)(H2,18,22,23). The molecule has 7 nitrogen and oxygen atoms in total. The van der Waals surface area contributed by atoms with Gasteiger partial charge < -0.3 is 15.4 Å². The first-order valence-electron chi connectivity index (χ1n) is 8.70. The molecule has 0 aromatic heterocycles. The summed E-state index contributed by atoms with van der Waals surface area (Å²) in [6.45, 7) is 4.86. The second kappa shape index (κ2) is 6.93. The maximum Gasteiger partial charge on any atom is 0.255 e.